The Morgan fingerprint density at radius 3 is 2.50 bits per heavy atom. The molecule has 2 unspecified atom stereocenters. The van der Waals surface area contributed by atoms with Crippen LogP contribution < -0.4 is 4.74 Å². The first-order valence-corrected chi connectivity index (χ1v) is 7.17. The normalized spacial score (nSPS) is 23.9. The maximum absolute atomic E-state index is 5.93. The zero-order valence-electron chi connectivity index (χ0n) is 11.5. The number of hydrogen-bond acceptors (Lipinski definition) is 2. The summed E-state index contributed by atoms with van der Waals surface area (Å²) >= 11 is 0. The highest BCUT2D eigenvalue weighted by Gasteiger charge is 2.22. The smallest absolute Gasteiger partial charge is 0.119 e. The molecule has 2 atom stereocenters. The highest BCUT2D eigenvalue weighted by atomic mass is 16.5. The molecule has 0 aliphatic carbocycles. The average Bonchev–Trinajstić information content (AvgIpc) is 2.41. The molecule has 0 bridgehead atoms. The van der Waals surface area contributed by atoms with Crippen LogP contribution in [-0.4, -0.2) is 19.3 Å². The van der Waals surface area contributed by atoms with Crippen LogP contribution in [0.25, 0.3) is 0 Å². The van der Waals surface area contributed by atoms with Crippen LogP contribution in [0.4, 0.5) is 0 Å². The molecule has 0 saturated carbocycles. The van der Waals surface area contributed by atoms with E-state index in [9.17, 15) is 0 Å². The summed E-state index contributed by atoms with van der Waals surface area (Å²) in [7, 11) is 0. The first-order valence-electron chi connectivity index (χ1n) is 7.17. The van der Waals surface area contributed by atoms with Crippen molar-refractivity contribution in [3.8, 4) is 5.75 Å². The van der Waals surface area contributed by atoms with E-state index in [4.69, 9.17) is 9.47 Å². The molecular formula is C16H24O2. The third-order valence-electron chi connectivity index (χ3n) is 3.64. The topological polar surface area (TPSA) is 18.5 Å². The van der Waals surface area contributed by atoms with E-state index in [1.54, 1.807) is 0 Å². The fourth-order valence-corrected chi connectivity index (χ4v) is 2.62. The molecular weight excluding hydrogens is 224 g/mol. The van der Waals surface area contributed by atoms with Crippen molar-refractivity contribution >= 4 is 0 Å². The van der Waals surface area contributed by atoms with Crippen molar-refractivity contribution in [2.75, 3.05) is 13.2 Å². The molecule has 1 aliphatic rings. The monoisotopic (exact) mass is 248 g/mol. The summed E-state index contributed by atoms with van der Waals surface area (Å²) in [5.74, 6) is 1.52. The molecule has 0 radical (unpaired) electrons. The highest BCUT2D eigenvalue weighted by Crippen LogP contribution is 2.30. The Balaban J connectivity index is 1.89. The predicted molar refractivity (Wildman–Crippen MR) is 74.2 cm³/mol. The lowest BCUT2D eigenvalue weighted by Gasteiger charge is -2.29. The first kappa shape index (κ1) is 13.4. The minimum absolute atomic E-state index is 0.494. The molecule has 0 amide bonds. The SMILES string of the molecule is CCCC1CCC(c2ccc(OCC)cc2)CO1. The largest absolute Gasteiger partial charge is 0.494 e. The number of ether oxygens (including phenoxy) is 2. The van der Waals surface area contributed by atoms with Gasteiger partial charge in [0, 0.05) is 5.92 Å². The van der Waals surface area contributed by atoms with Gasteiger partial charge in [0.05, 0.1) is 19.3 Å². The van der Waals surface area contributed by atoms with Gasteiger partial charge in [0.15, 0.2) is 0 Å². The van der Waals surface area contributed by atoms with Gasteiger partial charge in [-0.15, -0.1) is 0 Å². The van der Waals surface area contributed by atoms with Crippen molar-refractivity contribution in [1.82, 2.24) is 0 Å². The van der Waals surface area contributed by atoms with E-state index >= 15 is 0 Å². The minimum Gasteiger partial charge on any atom is -0.494 e. The molecule has 1 aromatic rings. The van der Waals surface area contributed by atoms with Gasteiger partial charge in [0.25, 0.3) is 0 Å². The standard InChI is InChI=1S/C16H24O2/c1-3-5-15-11-8-14(12-18-15)13-6-9-16(10-7-13)17-4-2/h6-7,9-10,14-15H,3-5,8,11-12H2,1-2H3. The molecule has 0 spiro atoms. The summed E-state index contributed by atoms with van der Waals surface area (Å²) in [5.41, 5.74) is 1.38. The van der Waals surface area contributed by atoms with Crippen LogP contribution in [0.15, 0.2) is 24.3 Å². The molecule has 1 aliphatic heterocycles. The van der Waals surface area contributed by atoms with Gasteiger partial charge in [-0.3, -0.25) is 0 Å². The van der Waals surface area contributed by atoms with Crippen molar-refractivity contribution in [2.45, 2.75) is 51.6 Å². The molecule has 1 heterocycles. The van der Waals surface area contributed by atoms with Gasteiger partial charge >= 0.3 is 0 Å². The summed E-state index contributed by atoms with van der Waals surface area (Å²) in [4.78, 5) is 0. The summed E-state index contributed by atoms with van der Waals surface area (Å²) in [5, 5.41) is 0. The molecule has 1 saturated heterocycles. The van der Waals surface area contributed by atoms with Crippen LogP contribution in [0.5, 0.6) is 5.75 Å². The zero-order valence-corrected chi connectivity index (χ0v) is 11.5. The van der Waals surface area contributed by atoms with Crippen LogP contribution >= 0.6 is 0 Å². The average molecular weight is 248 g/mol. The Morgan fingerprint density at radius 2 is 1.94 bits per heavy atom. The van der Waals surface area contributed by atoms with E-state index in [1.807, 2.05) is 6.92 Å². The fraction of sp³-hybridized carbons (Fsp3) is 0.625. The van der Waals surface area contributed by atoms with Gasteiger partial charge in [-0.2, -0.15) is 0 Å². The molecule has 0 N–H and O–H groups in total. The lowest BCUT2D eigenvalue weighted by molar-refractivity contribution is -0.00112. The third kappa shape index (κ3) is 3.49. The van der Waals surface area contributed by atoms with E-state index in [-0.39, 0.29) is 0 Å². The zero-order chi connectivity index (χ0) is 12.8. The second-order valence-electron chi connectivity index (χ2n) is 5.02. The van der Waals surface area contributed by atoms with Gasteiger partial charge in [-0.25, -0.2) is 0 Å². The van der Waals surface area contributed by atoms with Gasteiger partial charge in [0.2, 0.25) is 0 Å². The van der Waals surface area contributed by atoms with Crippen molar-refractivity contribution in [3.63, 3.8) is 0 Å². The molecule has 18 heavy (non-hydrogen) atoms. The van der Waals surface area contributed by atoms with E-state index in [1.165, 1.54) is 31.2 Å². The molecule has 1 aromatic carbocycles. The first-order chi connectivity index (χ1) is 8.83. The maximum Gasteiger partial charge on any atom is 0.119 e. The number of benzene rings is 1. The second-order valence-corrected chi connectivity index (χ2v) is 5.02. The summed E-state index contributed by atoms with van der Waals surface area (Å²) < 4.78 is 11.4. The maximum atomic E-state index is 5.93. The van der Waals surface area contributed by atoms with Crippen molar-refractivity contribution in [3.05, 3.63) is 29.8 Å². The lowest BCUT2D eigenvalue weighted by atomic mass is 9.90. The van der Waals surface area contributed by atoms with Crippen LogP contribution in [0, 0.1) is 0 Å². The Morgan fingerprint density at radius 1 is 1.17 bits per heavy atom. The Bertz CT molecular complexity index is 337. The van der Waals surface area contributed by atoms with Crippen LogP contribution in [-0.2, 0) is 4.74 Å². The number of rotatable bonds is 5. The van der Waals surface area contributed by atoms with Crippen molar-refractivity contribution in [1.29, 1.82) is 0 Å². The van der Waals surface area contributed by atoms with Gasteiger partial charge in [-0.1, -0.05) is 25.5 Å². The molecule has 100 valence electrons. The molecule has 0 aromatic heterocycles. The molecule has 2 rings (SSSR count). The van der Waals surface area contributed by atoms with Crippen LogP contribution in [0.3, 0.4) is 0 Å². The van der Waals surface area contributed by atoms with Crippen LogP contribution in [0.1, 0.15) is 51.0 Å². The summed E-state index contributed by atoms with van der Waals surface area (Å²) in [6, 6.07) is 8.49. The van der Waals surface area contributed by atoms with Gasteiger partial charge < -0.3 is 9.47 Å². The lowest BCUT2D eigenvalue weighted by Crippen LogP contribution is -2.24. The van der Waals surface area contributed by atoms with Crippen molar-refractivity contribution < 1.29 is 9.47 Å². The molecule has 2 nitrogen and oxygen atoms in total. The quantitative estimate of drug-likeness (QED) is 0.779. The Labute approximate surface area is 110 Å². The Kier molecular flexibility index (Phi) is 5.06. The summed E-state index contributed by atoms with van der Waals surface area (Å²) in [6.07, 6.45) is 5.37. The van der Waals surface area contributed by atoms with Gasteiger partial charge in [0.1, 0.15) is 5.75 Å². The molecule has 1 fully saturated rings. The second kappa shape index (κ2) is 6.79. The van der Waals surface area contributed by atoms with Crippen LogP contribution in [0.2, 0.25) is 0 Å². The van der Waals surface area contributed by atoms with E-state index in [2.05, 4.69) is 31.2 Å². The molecule has 2 heteroatoms. The van der Waals surface area contributed by atoms with E-state index < -0.39 is 0 Å². The number of hydrogen-bond donors (Lipinski definition) is 0. The van der Waals surface area contributed by atoms with Gasteiger partial charge in [-0.05, 0) is 43.9 Å². The predicted octanol–water partition coefficient (Wildman–Crippen LogP) is 4.15. The van der Waals surface area contributed by atoms with Crippen molar-refractivity contribution in [2.24, 2.45) is 0 Å². The minimum atomic E-state index is 0.494. The highest BCUT2D eigenvalue weighted by molar-refractivity contribution is 5.29. The van der Waals surface area contributed by atoms with E-state index in [0.29, 0.717) is 12.0 Å². The van der Waals surface area contributed by atoms with E-state index in [0.717, 1.165) is 19.0 Å². The summed E-state index contributed by atoms with van der Waals surface area (Å²) in [6.45, 7) is 5.84. The third-order valence-corrected chi connectivity index (χ3v) is 3.64. The Hall–Kier alpha value is -1.02. The fourth-order valence-electron chi connectivity index (χ4n) is 2.62.